The third-order valence-corrected chi connectivity index (χ3v) is 7.45. The van der Waals surface area contributed by atoms with Crippen molar-refractivity contribution in [3.8, 4) is 17.2 Å². The standard InChI is InChI=1S/C33H42ClFN2O5/c1-10-16-36(8)29(23(4)33(7,11-2)14-15-34)30(38)37(9)21-24-18-25(35)20-27(19-24)41-26-12-13-28(22(3)17-26)42-32(5,6)31(39)40/h10,12-15,17-20H,1,11,16,21H2,2-9H3,(H,39,40)/b15-14+,29-23-. The fourth-order valence-corrected chi connectivity index (χ4v) is 4.64. The zero-order valence-corrected chi connectivity index (χ0v) is 26.5. The van der Waals surface area contributed by atoms with E-state index in [0.29, 0.717) is 34.9 Å². The molecule has 0 bridgehead atoms. The summed E-state index contributed by atoms with van der Waals surface area (Å²) in [6.07, 6.45) is 4.34. The highest BCUT2D eigenvalue weighted by molar-refractivity contribution is 6.25. The normalized spacial score (nSPS) is 13.7. The quantitative estimate of drug-likeness (QED) is 0.177. The van der Waals surface area contributed by atoms with Crippen LogP contribution in [0.3, 0.4) is 0 Å². The Morgan fingerprint density at radius 3 is 2.31 bits per heavy atom. The maximum absolute atomic E-state index is 14.7. The van der Waals surface area contributed by atoms with Crippen molar-refractivity contribution in [3.05, 3.63) is 88.9 Å². The lowest BCUT2D eigenvalue weighted by Gasteiger charge is -2.33. The number of amides is 1. The van der Waals surface area contributed by atoms with E-state index in [0.717, 1.165) is 12.0 Å². The minimum atomic E-state index is -1.40. The van der Waals surface area contributed by atoms with Crippen LogP contribution in [0, 0.1) is 18.2 Å². The van der Waals surface area contributed by atoms with E-state index in [2.05, 4.69) is 6.58 Å². The molecule has 0 heterocycles. The summed E-state index contributed by atoms with van der Waals surface area (Å²) in [5.41, 5.74) is 2.21. The summed E-state index contributed by atoms with van der Waals surface area (Å²) in [6, 6.07) is 9.22. The number of allylic oxidation sites excluding steroid dienone is 2. The summed E-state index contributed by atoms with van der Waals surface area (Å²) < 4.78 is 26.3. The van der Waals surface area contributed by atoms with Crippen LogP contribution in [-0.4, -0.2) is 53.0 Å². The molecule has 1 atom stereocenters. The van der Waals surface area contributed by atoms with Crippen LogP contribution in [0.15, 0.2) is 71.9 Å². The van der Waals surface area contributed by atoms with Crippen molar-refractivity contribution in [2.24, 2.45) is 5.41 Å². The SMILES string of the molecule is C=CCN(C)/C(C(=O)N(C)Cc1cc(F)cc(Oc2ccc(OC(C)(C)C(=O)O)c(C)c2)c1)=C(/C)C(C)(/C=C/Cl)CC. The summed E-state index contributed by atoms with van der Waals surface area (Å²) in [5.74, 6) is -0.740. The van der Waals surface area contributed by atoms with Gasteiger partial charge in [0.25, 0.3) is 5.91 Å². The number of hydrogen-bond donors (Lipinski definition) is 1. The predicted octanol–water partition coefficient (Wildman–Crippen LogP) is 7.69. The van der Waals surface area contributed by atoms with Crippen molar-refractivity contribution >= 4 is 23.5 Å². The lowest BCUT2D eigenvalue weighted by atomic mass is 9.79. The fraction of sp³-hybridized carbons (Fsp3) is 0.394. The Morgan fingerprint density at radius 2 is 1.76 bits per heavy atom. The van der Waals surface area contributed by atoms with Gasteiger partial charge in [0.05, 0.1) is 0 Å². The lowest BCUT2D eigenvalue weighted by molar-refractivity contribution is -0.152. The van der Waals surface area contributed by atoms with Gasteiger partial charge in [0.2, 0.25) is 0 Å². The van der Waals surface area contributed by atoms with Crippen LogP contribution in [0.1, 0.15) is 52.2 Å². The highest BCUT2D eigenvalue weighted by Crippen LogP contribution is 2.36. The van der Waals surface area contributed by atoms with Crippen LogP contribution in [0.25, 0.3) is 0 Å². The van der Waals surface area contributed by atoms with Crippen molar-refractivity contribution < 1.29 is 28.6 Å². The van der Waals surface area contributed by atoms with Crippen molar-refractivity contribution in [1.29, 1.82) is 0 Å². The van der Waals surface area contributed by atoms with Crippen LogP contribution in [0.2, 0.25) is 0 Å². The molecular formula is C33H42ClFN2O5. The van der Waals surface area contributed by atoms with Crippen LogP contribution in [0.5, 0.6) is 17.2 Å². The number of carbonyl (C=O) groups is 2. The molecule has 0 saturated carbocycles. The topological polar surface area (TPSA) is 79.3 Å². The number of halogens is 2. The highest BCUT2D eigenvalue weighted by atomic mass is 35.5. The third-order valence-electron chi connectivity index (χ3n) is 7.32. The van der Waals surface area contributed by atoms with Gasteiger partial charge in [0.1, 0.15) is 28.8 Å². The molecule has 0 radical (unpaired) electrons. The van der Waals surface area contributed by atoms with Gasteiger partial charge in [-0.15, -0.1) is 6.58 Å². The summed E-state index contributed by atoms with van der Waals surface area (Å²) in [6.45, 7) is 15.1. The van der Waals surface area contributed by atoms with Crippen LogP contribution >= 0.6 is 11.6 Å². The summed E-state index contributed by atoms with van der Waals surface area (Å²) in [4.78, 5) is 28.6. The monoisotopic (exact) mass is 600 g/mol. The van der Waals surface area contributed by atoms with Gasteiger partial charge in [0, 0.05) is 44.2 Å². The van der Waals surface area contributed by atoms with Gasteiger partial charge < -0.3 is 24.4 Å². The first kappa shape index (κ1) is 34.4. The van der Waals surface area contributed by atoms with E-state index in [1.807, 2.05) is 38.8 Å². The molecule has 0 aliphatic heterocycles. The Balaban J connectivity index is 2.34. The largest absolute Gasteiger partial charge is 0.478 e. The van der Waals surface area contributed by atoms with Crippen LogP contribution in [-0.2, 0) is 16.1 Å². The molecule has 2 rings (SSSR count). The number of likely N-dealkylation sites (N-methyl/N-ethyl adjacent to an activating group) is 2. The van der Waals surface area contributed by atoms with E-state index in [9.17, 15) is 19.1 Å². The van der Waals surface area contributed by atoms with Crippen LogP contribution in [0.4, 0.5) is 4.39 Å². The number of rotatable bonds is 14. The van der Waals surface area contributed by atoms with E-state index in [1.54, 1.807) is 44.3 Å². The number of nitrogens with zero attached hydrogens (tertiary/aromatic N) is 2. The molecule has 0 aliphatic carbocycles. The number of aliphatic carboxylic acids is 1. The van der Waals surface area contributed by atoms with Gasteiger partial charge in [-0.2, -0.15) is 0 Å². The average molecular weight is 601 g/mol. The zero-order chi connectivity index (χ0) is 31.8. The zero-order valence-electron chi connectivity index (χ0n) is 25.8. The number of hydrogen-bond acceptors (Lipinski definition) is 5. The molecule has 2 aromatic rings. The Morgan fingerprint density at radius 1 is 1.10 bits per heavy atom. The van der Waals surface area contributed by atoms with Crippen molar-refractivity contribution in [2.45, 2.75) is 60.1 Å². The molecule has 9 heteroatoms. The smallest absolute Gasteiger partial charge is 0.347 e. The van der Waals surface area contributed by atoms with Gasteiger partial charge in [-0.3, -0.25) is 4.79 Å². The molecule has 0 aromatic heterocycles. The molecule has 0 fully saturated rings. The maximum atomic E-state index is 14.7. The molecule has 0 aliphatic rings. The number of carboxylic acid groups (broad SMARTS) is 1. The number of benzene rings is 2. The van der Waals surface area contributed by atoms with Crippen LogP contribution < -0.4 is 9.47 Å². The maximum Gasteiger partial charge on any atom is 0.347 e. The first-order valence-electron chi connectivity index (χ1n) is 13.7. The molecule has 0 saturated heterocycles. The van der Waals surface area contributed by atoms with Gasteiger partial charge in [-0.1, -0.05) is 37.6 Å². The second-order valence-electron chi connectivity index (χ2n) is 11.1. The Kier molecular flexibility index (Phi) is 11.8. The molecule has 228 valence electrons. The van der Waals surface area contributed by atoms with E-state index < -0.39 is 22.8 Å². The Bertz CT molecular complexity index is 1370. The Hall–Kier alpha value is -3.78. The predicted molar refractivity (Wildman–Crippen MR) is 165 cm³/mol. The number of carboxylic acids is 1. The lowest BCUT2D eigenvalue weighted by Crippen LogP contribution is -2.38. The highest BCUT2D eigenvalue weighted by Gasteiger charge is 2.31. The molecule has 42 heavy (non-hydrogen) atoms. The first-order valence-corrected chi connectivity index (χ1v) is 14.1. The summed E-state index contributed by atoms with van der Waals surface area (Å²) in [5, 5.41) is 9.34. The minimum absolute atomic E-state index is 0.135. The molecule has 7 nitrogen and oxygen atoms in total. The molecular weight excluding hydrogens is 559 g/mol. The molecule has 0 spiro atoms. The molecule has 1 amide bonds. The summed E-state index contributed by atoms with van der Waals surface area (Å²) in [7, 11) is 3.51. The van der Waals surface area contributed by atoms with E-state index >= 15 is 0 Å². The fourth-order valence-electron chi connectivity index (χ4n) is 4.36. The van der Waals surface area contributed by atoms with Gasteiger partial charge >= 0.3 is 5.97 Å². The minimum Gasteiger partial charge on any atom is -0.478 e. The molecule has 1 N–H and O–H groups in total. The van der Waals surface area contributed by atoms with Crippen molar-refractivity contribution in [1.82, 2.24) is 9.80 Å². The van der Waals surface area contributed by atoms with E-state index in [-0.39, 0.29) is 18.2 Å². The molecule has 1 unspecified atom stereocenters. The number of carbonyl (C=O) groups excluding carboxylic acids is 1. The number of ether oxygens (including phenoxy) is 2. The molecule has 2 aromatic carbocycles. The van der Waals surface area contributed by atoms with Gasteiger partial charge in [-0.05, 0) is 81.1 Å². The third kappa shape index (κ3) is 8.61. The Labute approximate surface area is 253 Å². The van der Waals surface area contributed by atoms with E-state index in [1.165, 1.54) is 36.4 Å². The average Bonchev–Trinajstić information content (AvgIpc) is 2.90. The van der Waals surface area contributed by atoms with Gasteiger partial charge in [0.15, 0.2) is 5.60 Å². The van der Waals surface area contributed by atoms with Crippen molar-refractivity contribution in [2.75, 3.05) is 20.6 Å². The van der Waals surface area contributed by atoms with E-state index in [4.69, 9.17) is 21.1 Å². The van der Waals surface area contributed by atoms with Crippen molar-refractivity contribution in [3.63, 3.8) is 0 Å². The summed E-state index contributed by atoms with van der Waals surface area (Å²) >= 11 is 5.94. The van der Waals surface area contributed by atoms with Gasteiger partial charge in [-0.25, -0.2) is 9.18 Å². The first-order chi connectivity index (χ1) is 19.6. The second-order valence-corrected chi connectivity index (χ2v) is 11.4. The second kappa shape index (κ2) is 14.4. The number of aryl methyl sites for hydroxylation is 1.